The molecule has 4 N–H and O–H groups in total. The molecular formula is C31H43N5O6. The number of ether oxygens (including phenoxy) is 2. The third kappa shape index (κ3) is 7.76. The molecule has 5 rings (SSSR count). The molecule has 1 aromatic heterocycles. The van der Waals surface area contributed by atoms with Crippen LogP contribution in [0, 0.1) is 5.92 Å². The van der Waals surface area contributed by atoms with Crippen molar-refractivity contribution in [3.8, 4) is 0 Å². The van der Waals surface area contributed by atoms with Crippen LogP contribution >= 0.6 is 0 Å². The first-order chi connectivity index (χ1) is 20.2. The summed E-state index contributed by atoms with van der Waals surface area (Å²) in [5.41, 5.74) is 0.969. The number of hydrogen-bond acceptors (Lipinski definition) is 7. The van der Waals surface area contributed by atoms with Crippen molar-refractivity contribution < 1.29 is 28.7 Å². The summed E-state index contributed by atoms with van der Waals surface area (Å²) in [6.07, 6.45) is 6.97. The number of ketones is 1. The van der Waals surface area contributed by atoms with Crippen LogP contribution < -0.4 is 16.0 Å². The van der Waals surface area contributed by atoms with Crippen LogP contribution in [0.4, 0.5) is 0 Å². The molecule has 2 aromatic rings. The predicted molar refractivity (Wildman–Crippen MR) is 157 cm³/mol. The maximum Gasteiger partial charge on any atom is 0.243 e. The first kappa shape index (κ1) is 30.2. The lowest BCUT2D eigenvalue weighted by atomic mass is 9.90. The van der Waals surface area contributed by atoms with E-state index in [1.54, 1.807) is 13.8 Å². The Labute approximate surface area is 246 Å². The van der Waals surface area contributed by atoms with Gasteiger partial charge < -0.3 is 30.4 Å². The Balaban J connectivity index is 1.28. The van der Waals surface area contributed by atoms with Crippen molar-refractivity contribution in [3.05, 3.63) is 36.0 Å². The molecule has 1 aliphatic carbocycles. The van der Waals surface area contributed by atoms with Gasteiger partial charge in [-0.15, -0.1) is 0 Å². The molecule has 0 spiro atoms. The monoisotopic (exact) mass is 581 g/mol. The third-order valence-corrected chi connectivity index (χ3v) is 8.71. The van der Waals surface area contributed by atoms with Crippen LogP contribution in [-0.2, 0) is 35.1 Å². The topological polar surface area (TPSA) is 145 Å². The van der Waals surface area contributed by atoms with E-state index in [1.165, 1.54) is 0 Å². The Kier molecular flexibility index (Phi) is 9.60. The minimum absolute atomic E-state index is 0.120. The number of Topliss-reactive ketones (excluding diaryl/α,β-unsaturated/α-hetero) is 1. The molecule has 0 radical (unpaired) electrons. The van der Waals surface area contributed by atoms with Gasteiger partial charge in [-0.2, -0.15) is 0 Å². The summed E-state index contributed by atoms with van der Waals surface area (Å²) in [6.45, 7) is 6.35. The molecule has 11 heteroatoms. The Hall–Kier alpha value is -3.28. The normalized spacial score (nSPS) is 23.2. The number of hydrogen-bond donors (Lipinski definition) is 4. The number of nitrogens with zero attached hydrogens (tertiary/aromatic N) is 1. The number of carbonyl (C=O) groups excluding carboxylic acids is 4. The lowest BCUT2D eigenvalue weighted by Gasteiger charge is -2.27. The average molecular weight is 582 g/mol. The Morgan fingerprint density at radius 2 is 1.74 bits per heavy atom. The number of aromatic amines is 1. The molecule has 4 unspecified atom stereocenters. The first-order valence-electron chi connectivity index (χ1n) is 15.1. The maximum absolute atomic E-state index is 13.8. The summed E-state index contributed by atoms with van der Waals surface area (Å²) in [5, 5.41) is 9.59. The van der Waals surface area contributed by atoms with Crippen molar-refractivity contribution in [1.82, 2.24) is 25.8 Å². The van der Waals surface area contributed by atoms with Gasteiger partial charge >= 0.3 is 0 Å². The number of fused-ring (bicyclic) bond motifs is 1. The molecule has 42 heavy (non-hydrogen) atoms. The van der Waals surface area contributed by atoms with Crippen LogP contribution in [0.2, 0.25) is 0 Å². The van der Waals surface area contributed by atoms with Crippen molar-refractivity contribution in [1.29, 1.82) is 0 Å². The molecule has 2 saturated heterocycles. The number of benzene rings is 1. The molecule has 4 atom stereocenters. The van der Waals surface area contributed by atoms with Gasteiger partial charge in [0.15, 0.2) is 5.78 Å². The smallest absolute Gasteiger partial charge is 0.243 e. The summed E-state index contributed by atoms with van der Waals surface area (Å²) in [6, 6.07) is 5.30. The highest BCUT2D eigenvalue weighted by Gasteiger charge is 2.50. The zero-order valence-electron chi connectivity index (χ0n) is 24.6. The highest BCUT2D eigenvalue weighted by molar-refractivity contribution is 5.98. The second-order valence-corrected chi connectivity index (χ2v) is 12.2. The zero-order valence-corrected chi connectivity index (χ0v) is 24.6. The third-order valence-electron chi connectivity index (χ3n) is 8.71. The number of carbonyl (C=O) groups is 4. The SMILES string of the molecule is CC(NC(=O)CN1CCOCC1)C(=O)NC(Cc1ccc2[nH]ccc2c1)C(=O)NC(CC1CCCC1)C(=O)C1(C)CO1. The summed E-state index contributed by atoms with van der Waals surface area (Å²) in [7, 11) is 0. The number of amides is 3. The molecule has 3 heterocycles. The highest BCUT2D eigenvalue weighted by Crippen LogP contribution is 2.33. The quantitative estimate of drug-likeness (QED) is 0.262. The standard InChI is InChI=1S/C31H43N5O6/c1-20(33-27(37)18-36-11-13-41-14-12-36)29(39)35-26(17-22-7-8-24-23(15-22)9-10-32-24)30(40)34-25(16-21-5-3-4-6-21)28(38)31(2)19-42-31/h7-10,15,20-21,25-26,32H,3-6,11-14,16-19H2,1-2H3,(H,33,37)(H,34,40)(H,35,39). The number of rotatable bonds is 13. The molecule has 3 aliphatic rings. The Bertz CT molecular complexity index is 1280. The average Bonchev–Trinajstić information content (AvgIpc) is 3.32. The van der Waals surface area contributed by atoms with E-state index >= 15 is 0 Å². The molecule has 11 nitrogen and oxygen atoms in total. The minimum atomic E-state index is -0.945. The predicted octanol–water partition coefficient (Wildman–Crippen LogP) is 1.46. The van der Waals surface area contributed by atoms with Crippen molar-refractivity contribution in [2.75, 3.05) is 39.5 Å². The molecule has 1 aromatic carbocycles. The molecule has 228 valence electrons. The lowest BCUT2D eigenvalue weighted by molar-refractivity contribution is -0.134. The van der Waals surface area contributed by atoms with Gasteiger partial charge in [0.25, 0.3) is 0 Å². The van der Waals surface area contributed by atoms with Crippen LogP contribution in [0.15, 0.2) is 30.5 Å². The summed E-state index contributed by atoms with van der Waals surface area (Å²) >= 11 is 0. The number of morpholine rings is 1. The second kappa shape index (κ2) is 13.4. The molecular weight excluding hydrogens is 538 g/mol. The van der Waals surface area contributed by atoms with E-state index in [0.717, 1.165) is 42.1 Å². The molecule has 3 fully saturated rings. The van der Waals surface area contributed by atoms with Gasteiger partial charge in [-0.05, 0) is 55.3 Å². The molecule has 0 bridgehead atoms. The zero-order chi connectivity index (χ0) is 29.7. The van der Waals surface area contributed by atoms with Gasteiger partial charge in [0.2, 0.25) is 17.7 Å². The minimum Gasteiger partial charge on any atom is -0.379 e. The largest absolute Gasteiger partial charge is 0.379 e. The van der Waals surface area contributed by atoms with Gasteiger partial charge in [0, 0.05) is 31.2 Å². The fourth-order valence-electron chi connectivity index (χ4n) is 5.99. The van der Waals surface area contributed by atoms with E-state index < -0.39 is 35.5 Å². The molecule has 1 saturated carbocycles. The van der Waals surface area contributed by atoms with Crippen LogP contribution in [0.3, 0.4) is 0 Å². The van der Waals surface area contributed by atoms with Gasteiger partial charge in [-0.3, -0.25) is 24.1 Å². The molecule has 2 aliphatic heterocycles. The van der Waals surface area contributed by atoms with Crippen molar-refractivity contribution in [2.24, 2.45) is 5.92 Å². The van der Waals surface area contributed by atoms with E-state index in [2.05, 4.69) is 20.9 Å². The van der Waals surface area contributed by atoms with E-state index in [4.69, 9.17) is 9.47 Å². The van der Waals surface area contributed by atoms with Gasteiger partial charge in [-0.1, -0.05) is 31.7 Å². The maximum atomic E-state index is 13.8. The lowest BCUT2D eigenvalue weighted by Crippen LogP contribution is -2.57. The van der Waals surface area contributed by atoms with E-state index in [1.807, 2.05) is 35.4 Å². The number of nitrogens with one attached hydrogen (secondary N) is 4. The van der Waals surface area contributed by atoms with Crippen molar-refractivity contribution >= 4 is 34.4 Å². The van der Waals surface area contributed by atoms with Gasteiger partial charge in [-0.25, -0.2) is 0 Å². The Morgan fingerprint density at radius 1 is 1.02 bits per heavy atom. The number of aromatic nitrogens is 1. The number of H-pyrrole nitrogens is 1. The summed E-state index contributed by atoms with van der Waals surface area (Å²) in [4.78, 5) is 58.2. The number of epoxide rings is 1. The van der Waals surface area contributed by atoms with Crippen LogP contribution in [0.1, 0.15) is 51.5 Å². The van der Waals surface area contributed by atoms with Crippen molar-refractivity contribution in [2.45, 2.75) is 76.1 Å². The summed E-state index contributed by atoms with van der Waals surface area (Å²) < 4.78 is 10.8. The molecule has 3 amide bonds. The van der Waals surface area contributed by atoms with Gasteiger partial charge in [0.1, 0.15) is 17.7 Å². The van der Waals surface area contributed by atoms with E-state index in [0.29, 0.717) is 45.2 Å². The Morgan fingerprint density at radius 3 is 2.45 bits per heavy atom. The van der Waals surface area contributed by atoms with Crippen LogP contribution in [0.5, 0.6) is 0 Å². The van der Waals surface area contributed by atoms with Gasteiger partial charge in [0.05, 0.1) is 32.4 Å². The van der Waals surface area contributed by atoms with Crippen LogP contribution in [-0.4, -0.2) is 96.6 Å². The van der Waals surface area contributed by atoms with Crippen LogP contribution in [0.25, 0.3) is 10.9 Å². The van der Waals surface area contributed by atoms with E-state index in [9.17, 15) is 19.2 Å². The van der Waals surface area contributed by atoms with E-state index in [-0.39, 0.29) is 24.7 Å². The first-order valence-corrected chi connectivity index (χ1v) is 15.1. The van der Waals surface area contributed by atoms with Crippen molar-refractivity contribution in [3.63, 3.8) is 0 Å². The fourth-order valence-corrected chi connectivity index (χ4v) is 5.99. The summed E-state index contributed by atoms with van der Waals surface area (Å²) in [5.74, 6) is -0.912. The highest BCUT2D eigenvalue weighted by atomic mass is 16.6. The second-order valence-electron chi connectivity index (χ2n) is 12.2. The fraction of sp³-hybridized carbons (Fsp3) is 0.613.